The quantitative estimate of drug-likeness (QED) is 0.298. The Bertz CT molecular complexity index is 2070. The average molecular weight is 806 g/mol. The molecule has 1 aromatic carbocycles. The minimum atomic E-state index is -3.94. The van der Waals surface area contributed by atoms with Gasteiger partial charge in [-0.2, -0.15) is 0 Å². The third kappa shape index (κ3) is 7.97. The number of benzene rings is 1. The third-order valence-corrected chi connectivity index (χ3v) is 15.4. The highest BCUT2D eigenvalue weighted by Gasteiger charge is 2.59. The van der Waals surface area contributed by atoms with Gasteiger partial charge in [-0.15, -0.1) is 0 Å². The number of aryl methyl sites for hydroxylation is 1. The van der Waals surface area contributed by atoms with Crippen molar-refractivity contribution in [3.63, 3.8) is 0 Å². The van der Waals surface area contributed by atoms with E-state index in [2.05, 4.69) is 26.3 Å². The molecule has 57 heavy (non-hydrogen) atoms. The second-order valence-corrected chi connectivity index (χ2v) is 21.0. The Balaban J connectivity index is 1.14. The summed E-state index contributed by atoms with van der Waals surface area (Å²) < 4.78 is 46.6. The van der Waals surface area contributed by atoms with E-state index in [9.17, 15) is 22.8 Å². The van der Waals surface area contributed by atoms with Gasteiger partial charge >= 0.3 is 6.09 Å². The van der Waals surface area contributed by atoms with Crippen LogP contribution in [0.25, 0.3) is 10.9 Å². The van der Waals surface area contributed by atoms with Crippen molar-refractivity contribution in [1.29, 1.82) is 0 Å². The van der Waals surface area contributed by atoms with Gasteiger partial charge in [0.1, 0.15) is 28.2 Å². The van der Waals surface area contributed by atoms with Crippen molar-refractivity contribution >= 4 is 38.8 Å². The number of carbonyl (C=O) groups is 3. The number of aromatic nitrogens is 1. The molecule has 3 amide bonds. The molecule has 1 saturated heterocycles. The fourth-order valence-electron chi connectivity index (χ4n) is 9.28. The third-order valence-electron chi connectivity index (χ3n) is 13.2. The van der Waals surface area contributed by atoms with Gasteiger partial charge in [0.15, 0.2) is 0 Å². The summed E-state index contributed by atoms with van der Waals surface area (Å²) in [6, 6.07) is 4.92. The molecule has 3 aliphatic carbocycles. The van der Waals surface area contributed by atoms with Crippen molar-refractivity contribution < 1.29 is 37.0 Å². The molecule has 3 aliphatic heterocycles. The van der Waals surface area contributed by atoms with Crippen molar-refractivity contribution in [1.82, 2.24) is 25.2 Å². The monoisotopic (exact) mass is 805 g/mol. The zero-order valence-electron chi connectivity index (χ0n) is 34.1. The number of carbonyl (C=O) groups excluding carboxylic acids is 3. The minimum absolute atomic E-state index is 0.314. The van der Waals surface area contributed by atoms with Gasteiger partial charge < -0.3 is 24.8 Å². The van der Waals surface area contributed by atoms with Crippen molar-refractivity contribution in [3.05, 3.63) is 41.6 Å². The summed E-state index contributed by atoms with van der Waals surface area (Å²) in [4.78, 5) is 49.6. The number of alkyl carbamates (subject to hydrolysis) is 1. The van der Waals surface area contributed by atoms with Crippen LogP contribution in [0.5, 0.6) is 11.5 Å². The van der Waals surface area contributed by atoms with Crippen LogP contribution in [0.3, 0.4) is 0 Å². The van der Waals surface area contributed by atoms with Crippen LogP contribution in [0, 0.1) is 5.92 Å². The summed E-state index contributed by atoms with van der Waals surface area (Å²) in [6.07, 6.45) is 13.5. The number of rotatable bonds is 6. The molecule has 5 atom stereocenters. The van der Waals surface area contributed by atoms with Crippen molar-refractivity contribution in [2.75, 3.05) is 20.2 Å². The SMILES string of the molecule is COc1ccc2nc(C3CC3)c3c(c2c1)CCC1(CC2C(=O)NC4(C(=O)NS(=O)(=O)C5(C)CC5)CCC4C=CCCCCCC(NC(=O)OC(C)(C)C)CN2C1)O3. The van der Waals surface area contributed by atoms with Gasteiger partial charge in [0, 0.05) is 48.3 Å². The molecule has 6 aliphatic rings. The Labute approximate surface area is 336 Å². The topological polar surface area (TPSA) is 165 Å². The molecule has 5 unspecified atom stereocenters. The zero-order valence-corrected chi connectivity index (χ0v) is 34.9. The van der Waals surface area contributed by atoms with Crippen molar-refractivity contribution in [2.24, 2.45) is 5.92 Å². The fraction of sp³-hybridized carbons (Fsp3) is 0.674. The predicted octanol–water partition coefficient (Wildman–Crippen LogP) is 5.94. The van der Waals surface area contributed by atoms with Crippen molar-refractivity contribution in [2.45, 2.75) is 157 Å². The van der Waals surface area contributed by atoms with Crippen LogP contribution in [0.4, 0.5) is 4.79 Å². The summed E-state index contributed by atoms with van der Waals surface area (Å²) in [6.45, 7) is 7.94. The van der Waals surface area contributed by atoms with Crippen LogP contribution < -0.4 is 24.8 Å². The summed E-state index contributed by atoms with van der Waals surface area (Å²) in [5.74, 6) is 0.486. The maximum Gasteiger partial charge on any atom is 0.407 e. The highest BCUT2D eigenvalue weighted by atomic mass is 32.2. The van der Waals surface area contributed by atoms with E-state index in [1.165, 1.54) is 0 Å². The Morgan fingerprint density at radius 2 is 1.84 bits per heavy atom. The first-order valence-corrected chi connectivity index (χ1v) is 22.5. The normalized spacial score (nSPS) is 30.3. The highest BCUT2D eigenvalue weighted by molar-refractivity contribution is 7.91. The van der Waals surface area contributed by atoms with Crippen LogP contribution in [-0.4, -0.2) is 90.0 Å². The molecule has 3 N–H and O–H groups in total. The minimum Gasteiger partial charge on any atom is -0.497 e. The lowest BCUT2D eigenvalue weighted by molar-refractivity contribution is -0.140. The summed E-state index contributed by atoms with van der Waals surface area (Å²) in [5.41, 5.74) is 0.145. The van der Waals surface area contributed by atoms with E-state index in [-0.39, 0.29) is 17.9 Å². The van der Waals surface area contributed by atoms with Gasteiger partial charge in [0.05, 0.1) is 29.1 Å². The molecule has 2 aromatic rings. The summed E-state index contributed by atoms with van der Waals surface area (Å²) in [5, 5.41) is 7.29. The first-order chi connectivity index (χ1) is 27.0. The first-order valence-electron chi connectivity index (χ1n) is 21.0. The number of allylic oxidation sites excluding steroid dienone is 1. The number of pyridine rings is 1. The molecule has 3 saturated carbocycles. The van der Waals surface area contributed by atoms with Gasteiger partial charge in [-0.05, 0) is 117 Å². The van der Waals surface area contributed by atoms with E-state index in [0.717, 1.165) is 78.6 Å². The maximum absolute atomic E-state index is 14.9. The number of sulfonamides is 1. The highest BCUT2D eigenvalue weighted by Crippen LogP contribution is 2.51. The smallest absolute Gasteiger partial charge is 0.407 e. The maximum atomic E-state index is 14.9. The van der Waals surface area contributed by atoms with Gasteiger partial charge in [-0.3, -0.25) is 19.2 Å². The standard InChI is InChI=1S/C43H59N5O8S/c1-40(2,3)56-39(51)44-29-12-10-8-6-7-9-11-28-17-20-43(28,38(50)47-57(52,53)41(4)21-22-41)46-37(49)34-24-42(26-48(34)25-29)19-18-31-32-23-30(54-5)15-16-33(32)45-35(27-13-14-27)36(31)55-42/h9,11,15-16,23,27-29,34H,6-8,10,12-14,17-22,24-26H2,1-5H3,(H,44,51)(H,46,49)(H,47,50). The molecular formula is C43H59N5O8S. The van der Waals surface area contributed by atoms with E-state index in [1.54, 1.807) is 14.0 Å². The van der Waals surface area contributed by atoms with E-state index < -0.39 is 49.6 Å². The molecule has 1 spiro atoms. The molecule has 310 valence electrons. The molecule has 14 heteroatoms. The first kappa shape index (κ1) is 39.9. The largest absolute Gasteiger partial charge is 0.497 e. The van der Waals surface area contributed by atoms with E-state index in [0.29, 0.717) is 64.0 Å². The number of hydrogen-bond acceptors (Lipinski definition) is 10. The van der Waals surface area contributed by atoms with Crippen LogP contribution in [0.15, 0.2) is 30.4 Å². The molecule has 4 fully saturated rings. The molecular weight excluding hydrogens is 747 g/mol. The zero-order chi connectivity index (χ0) is 40.4. The number of methoxy groups -OCH3 is 1. The number of hydrogen-bond donors (Lipinski definition) is 3. The second kappa shape index (κ2) is 14.7. The Kier molecular flexibility index (Phi) is 10.3. The average Bonchev–Trinajstić information content (AvgIpc) is 4.08. The van der Waals surface area contributed by atoms with Gasteiger partial charge in [-0.25, -0.2) is 18.2 Å². The number of fused-ring (bicyclic) bond motifs is 5. The number of amides is 3. The van der Waals surface area contributed by atoms with Gasteiger partial charge in [0.25, 0.3) is 5.91 Å². The van der Waals surface area contributed by atoms with Crippen LogP contribution >= 0.6 is 0 Å². The van der Waals surface area contributed by atoms with Crippen molar-refractivity contribution in [3.8, 4) is 11.5 Å². The second-order valence-electron chi connectivity index (χ2n) is 18.8. The molecule has 8 rings (SSSR count). The lowest BCUT2D eigenvalue weighted by Crippen LogP contribution is -2.70. The number of nitrogens with zero attached hydrogens (tertiary/aromatic N) is 2. The molecule has 0 radical (unpaired) electrons. The van der Waals surface area contributed by atoms with E-state index in [4.69, 9.17) is 19.2 Å². The summed E-state index contributed by atoms with van der Waals surface area (Å²) >= 11 is 0. The number of ether oxygens (including phenoxy) is 3. The lowest BCUT2D eigenvalue weighted by Gasteiger charge is -2.48. The van der Waals surface area contributed by atoms with Crippen LogP contribution in [0.1, 0.15) is 128 Å². The Morgan fingerprint density at radius 3 is 2.53 bits per heavy atom. The van der Waals surface area contributed by atoms with Gasteiger partial charge in [0.2, 0.25) is 15.9 Å². The molecule has 0 bridgehead atoms. The Hall–Kier alpha value is -3.91. The summed E-state index contributed by atoms with van der Waals surface area (Å²) in [7, 11) is -2.29. The molecule has 4 heterocycles. The fourth-order valence-corrected chi connectivity index (χ4v) is 10.6. The van der Waals surface area contributed by atoms with E-state index in [1.807, 2.05) is 45.0 Å². The van der Waals surface area contributed by atoms with Gasteiger partial charge in [-0.1, -0.05) is 25.0 Å². The van der Waals surface area contributed by atoms with Crippen LogP contribution in [-0.2, 0) is 30.8 Å². The van der Waals surface area contributed by atoms with Crippen LogP contribution in [0.2, 0.25) is 0 Å². The lowest BCUT2D eigenvalue weighted by atomic mass is 9.65. The number of nitrogens with one attached hydrogen (secondary N) is 3. The Morgan fingerprint density at radius 1 is 1.05 bits per heavy atom. The molecule has 13 nitrogen and oxygen atoms in total. The molecule has 1 aromatic heterocycles. The van der Waals surface area contributed by atoms with E-state index >= 15 is 0 Å². The predicted molar refractivity (Wildman–Crippen MR) is 216 cm³/mol.